The predicted molar refractivity (Wildman–Crippen MR) is 71.1 cm³/mol. The lowest BCUT2D eigenvalue weighted by atomic mass is 9.78. The monoisotopic (exact) mass is 240 g/mol. The molecule has 0 aliphatic heterocycles. The predicted octanol–water partition coefficient (Wildman–Crippen LogP) is 4.88. The van der Waals surface area contributed by atoms with Gasteiger partial charge >= 0.3 is 0 Å². The molecule has 1 saturated carbocycles. The van der Waals surface area contributed by atoms with Gasteiger partial charge in [-0.2, -0.15) is 0 Å². The van der Waals surface area contributed by atoms with Gasteiger partial charge in [-0.3, -0.25) is 0 Å². The molecule has 1 aliphatic rings. The molecular weight excluding hydrogens is 216 g/mol. The fraction of sp³-hybridized carbons (Fsp3) is 0.714. The van der Waals surface area contributed by atoms with E-state index >= 15 is 0 Å². The molecule has 0 amide bonds. The zero-order valence-corrected chi connectivity index (χ0v) is 11.5. The minimum Gasteiger partial charge on any atom is -0.591 e. The second kappa shape index (κ2) is 7.08. The number of hydrogen-bond acceptors (Lipinski definition) is 1. The maximum Gasteiger partial charge on any atom is 0.136 e. The number of thiophene rings is 1. The van der Waals surface area contributed by atoms with Crippen molar-refractivity contribution in [3.63, 3.8) is 0 Å². The summed E-state index contributed by atoms with van der Waals surface area (Å²) in [5, 5.41) is 3.28. The van der Waals surface area contributed by atoms with E-state index in [4.69, 9.17) is 0 Å². The Hall–Kier alpha value is -0.340. The van der Waals surface area contributed by atoms with Gasteiger partial charge in [-0.1, -0.05) is 44.4 Å². The van der Waals surface area contributed by atoms with E-state index in [1.54, 1.807) is 22.9 Å². The summed E-state index contributed by atoms with van der Waals surface area (Å²) in [6.45, 7) is 7.11. The zero-order chi connectivity index (χ0) is 12.0. The van der Waals surface area contributed by atoms with Gasteiger partial charge in [0.15, 0.2) is 0 Å². The van der Waals surface area contributed by atoms with Crippen LogP contribution >= 0.6 is 10.8 Å². The van der Waals surface area contributed by atoms with Gasteiger partial charge < -0.3 is 4.55 Å². The van der Waals surface area contributed by atoms with Gasteiger partial charge in [0.05, 0.1) is 0 Å². The molecule has 0 radical (unpaired) electrons. The Labute approximate surface area is 103 Å². The van der Waals surface area contributed by atoms with Crippen LogP contribution in [0, 0.1) is 17.8 Å². The standard InChI is InChI=1S/C10H20.C4H4OS/c1-8(2)10-6-4-9(3)5-7-10;5-6-3-1-2-4-6/h8-10H,4-7H2,1-3H3;1-4H. The van der Waals surface area contributed by atoms with E-state index in [0.29, 0.717) is 0 Å². The van der Waals surface area contributed by atoms with Crippen molar-refractivity contribution in [2.45, 2.75) is 46.5 Å². The smallest absolute Gasteiger partial charge is 0.136 e. The van der Waals surface area contributed by atoms with E-state index in [1.165, 1.54) is 25.7 Å². The molecule has 1 aromatic heterocycles. The van der Waals surface area contributed by atoms with Gasteiger partial charge in [0.1, 0.15) is 10.8 Å². The van der Waals surface area contributed by atoms with Gasteiger partial charge in [0.25, 0.3) is 0 Å². The summed E-state index contributed by atoms with van der Waals surface area (Å²) in [4.78, 5) is 0. The van der Waals surface area contributed by atoms with Crippen LogP contribution in [0.4, 0.5) is 0 Å². The third-order valence-electron chi connectivity index (χ3n) is 3.54. The maximum absolute atomic E-state index is 10.2. The highest BCUT2D eigenvalue weighted by atomic mass is 32.2. The minimum atomic E-state index is -0.784. The van der Waals surface area contributed by atoms with E-state index in [1.807, 2.05) is 0 Å². The first kappa shape index (κ1) is 13.7. The van der Waals surface area contributed by atoms with Crippen molar-refractivity contribution in [2.24, 2.45) is 17.8 Å². The lowest BCUT2D eigenvalue weighted by molar-refractivity contribution is 0.234. The SMILES string of the molecule is CC1CCC(C(C)C)CC1.[O-][s+]1cccc1. The van der Waals surface area contributed by atoms with Crippen LogP contribution in [0.15, 0.2) is 22.9 Å². The van der Waals surface area contributed by atoms with Crippen LogP contribution in [0.2, 0.25) is 0 Å². The molecule has 0 aromatic carbocycles. The van der Waals surface area contributed by atoms with Gasteiger partial charge in [0.2, 0.25) is 0 Å². The molecule has 1 nitrogen and oxygen atoms in total. The van der Waals surface area contributed by atoms with Crippen LogP contribution < -0.4 is 0 Å². The summed E-state index contributed by atoms with van der Waals surface area (Å²) in [6, 6.07) is 3.55. The average Bonchev–Trinajstić information content (AvgIpc) is 2.71. The normalized spacial score (nSPS) is 25.1. The Bertz CT molecular complexity index is 258. The molecule has 1 aromatic rings. The fourth-order valence-corrected chi connectivity index (χ4v) is 2.83. The molecular formula is C14H24OS. The van der Waals surface area contributed by atoms with Crippen molar-refractivity contribution < 1.29 is 4.55 Å². The van der Waals surface area contributed by atoms with Crippen molar-refractivity contribution in [1.29, 1.82) is 0 Å². The Balaban J connectivity index is 0.000000181. The fourth-order valence-electron chi connectivity index (χ4n) is 2.24. The third kappa shape index (κ3) is 5.13. The molecule has 92 valence electrons. The molecule has 0 spiro atoms. The minimum absolute atomic E-state index is 0.784. The summed E-state index contributed by atoms with van der Waals surface area (Å²) in [6.07, 6.45) is 5.92. The first-order valence-electron chi connectivity index (χ1n) is 6.34. The van der Waals surface area contributed by atoms with Crippen molar-refractivity contribution in [2.75, 3.05) is 0 Å². The molecule has 2 heteroatoms. The van der Waals surface area contributed by atoms with Crippen LogP contribution in [0.1, 0.15) is 46.5 Å². The molecule has 1 aliphatic carbocycles. The first-order chi connectivity index (χ1) is 7.59. The van der Waals surface area contributed by atoms with E-state index in [0.717, 1.165) is 17.8 Å². The summed E-state index contributed by atoms with van der Waals surface area (Å²) in [7, 11) is -0.784. The topological polar surface area (TPSA) is 23.1 Å². The van der Waals surface area contributed by atoms with Gasteiger partial charge in [0, 0.05) is 0 Å². The van der Waals surface area contributed by atoms with Crippen molar-refractivity contribution in [3.05, 3.63) is 22.9 Å². The molecule has 0 unspecified atom stereocenters. The summed E-state index contributed by atoms with van der Waals surface area (Å²) in [5.74, 6) is 2.97. The molecule has 2 rings (SSSR count). The lowest BCUT2D eigenvalue weighted by Crippen LogP contribution is -2.16. The van der Waals surface area contributed by atoms with Crippen LogP contribution in [-0.2, 0) is 0 Å². The van der Waals surface area contributed by atoms with Gasteiger partial charge in [-0.15, -0.1) is 0 Å². The number of hydrogen-bond donors (Lipinski definition) is 0. The van der Waals surface area contributed by atoms with E-state index in [-0.39, 0.29) is 0 Å². The van der Waals surface area contributed by atoms with Gasteiger partial charge in [-0.05, 0) is 42.7 Å². The average molecular weight is 240 g/mol. The van der Waals surface area contributed by atoms with Gasteiger partial charge in [-0.25, -0.2) is 0 Å². The van der Waals surface area contributed by atoms with Crippen LogP contribution in [-0.4, -0.2) is 4.55 Å². The second-order valence-electron chi connectivity index (χ2n) is 5.25. The Morgan fingerprint density at radius 3 is 1.88 bits per heavy atom. The largest absolute Gasteiger partial charge is 0.591 e. The quantitative estimate of drug-likeness (QED) is 0.641. The summed E-state index contributed by atoms with van der Waals surface area (Å²) >= 11 is 0. The van der Waals surface area contributed by atoms with E-state index < -0.39 is 10.8 Å². The van der Waals surface area contributed by atoms with Crippen LogP contribution in [0.5, 0.6) is 0 Å². The molecule has 1 heterocycles. The molecule has 0 bridgehead atoms. The highest BCUT2D eigenvalue weighted by Gasteiger charge is 2.19. The number of rotatable bonds is 1. The molecule has 0 atom stereocenters. The maximum atomic E-state index is 10.2. The highest BCUT2D eigenvalue weighted by molar-refractivity contribution is 7.21. The zero-order valence-electron chi connectivity index (χ0n) is 10.7. The van der Waals surface area contributed by atoms with Crippen LogP contribution in [0.3, 0.4) is 0 Å². The second-order valence-corrected chi connectivity index (χ2v) is 6.45. The molecule has 1 fully saturated rings. The molecule has 0 saturated heterocycles. The van der Waals surface area contributed by atoms with Crippen molar-refractivity contribution >= 4 is 10.8 Å². The van der Waals surface area contributed by atoms with Crippen molar-refractivity contribution in [1.82, 2.24) is 0 Å². The Morgan fingerprint density at radius 2 is 1.56 bits per heavy atom. The third-order valence-corrected chi connectivity index (χ3v) is 4.39. The molecule has 16 heavy (non-hydrogen) atoms. The highest BCUT2D eigenvalue weighted by Crippen LogP contribution is 2.32. The lowest BCUT2D eigenvalue weighted by Gasteiger charge is -2.28. The Kier molecular flexibility index (Phi) is 6.07. The van der Waals surface area contributed by atoms with E-state index in [2.05, 4.69) is 20.8 Å². The Morgan fingerprint density at radius 1 is 1.06 bits per heavy atom. The van der Waals surface area contributed by atoms with Crippen LogP contribution in [0.25, 0.3) is 0 Å². The summed E-state index contributed by atoms with van der Waals surface area (Å²) < 4.78 is 10.2. The van der Waals surface area contributed by atoms with E-state index in [9.17, 15) is 4.55 Å². The molecule has 0 N–H and O–H groups in total. The first-order valence-corrected chi connectivity index (χ1v) is 7.61. The summed E-state index contributed by atoms with van der Waals surface area (Å²) in [5.41, 5.74) is 0. The van der Waals surface area contributed by atoms with Crippen molar-refractivity contribution in [3.8, 4) is 0 Å².